The van der Waals surface area contributed by atoms with E-state index in [2.05, 4.69) is 19.1 Å². The monoisotopic (exact) mass is 230 g/mol. The van der Waals surface area contributed by atoms with Gasteiger partial charge in [0.05, 0.1) is 12.7 Å². The average molecular weight is 230 g/mol. The van der Waals surface area contributed by atoms with Crippen molar-refractivity contribution in [3.05, 3.63) is 47.6 Å². The zero-order valence-electron chi connectivity index (χ0n) is 10.1. The molecule has 0 unspecified atom stereocenters. The van der Waals surface area contributed by atoms with Crippen LogP contribution in [0.1, 0.15) is 25.3 Å². The summed E-state index contributed by atoms with van der Waals surface area (Å²) in [6.45, 7) is 2.83. The van der Waals surface area contributed by atoms with Crippen LogP contribution in [-0.4, -0.2) is 17.8 Å². The zero-order valence-corrected chi connectivity index (χ0v) is 10.1. The van der Waals surface area contributed by atoms with Gasteiger partial charge < -0.3 is 9.84 Å². The first-order chi connectivity index (χ1) is 8.25. The van der Waals surface area contributed by atoms with Gasteiger partial charge in [0.15, 0.2) is 0 Å². The van der Waals surface area contributed by atoms with Crippen LogP contribution in [0.4, 0.5) is 0 Å². The van der Waals surface area contributed by atoms with Gasteiger partial charge >= 0.3 is 0 Å². The molecule has 0 radical (unpaired) electrons. The van der Waals surface area contributed by atoms with E-state index in [0.717, 1.165) is 25.0 Å². The third kappa shape index (κ3) is 3.46. The predicted molar refractivity (Wildman–Crippen MR) is 69.9 cm³/mol. The molecule has 0 saturated heterocycles. The van der Waals surface area contributed by atoms with Crippen LogP contribution in [0, 0.1) is 0 Å². The molecule has 1 aliphatic heterocycles. The lowest BCUT2D eigenvalue weighted by Gasteiger charge is -2.08. The fourth-order valence-corrected chi connectivity index (χ4v) is 1.94. The SMILES string of the molecule is C/C(=C\c1ccccc1O)CC[C@@H]1C=CCO1. The minimum absolute atomic E-state index is 0.266. The topological polar surface area (TPSA) is 29.5 Å². The summed E-state index contributed by atoms with van der Waals surface area (Å²) >= 11 is 0. The lowest BCUT2D eigenvalue weighted by Crippen LogP contribution is -2.03. The number of rotatable bonds is 4. The Hall–Kier alpha value is -1.54. The summed E-state index contributed by atoms with van der Waals surface area (Å²) in [5.74, 6) is 0.337. The standard InChI is InChI=1S/C15H18O2/c1-12(8-9-14-6-4-10-17-14)11-13-5-2-3-7-15(13)16/h2-7,11,14,16H,8-10H2,1H3/b12-11+/t14-/m0/s1. The van der Waals surface area contributed by atoms with E-state index >= 15 is 0 Å². The van der Waals surface area contributed by atoms with Gasteiger partial charge in [-0.15, -0.1) is 0 Å². The number of para-hydroxylation sites is 1. The summed E-state index contributed by atoms with van der Waals surface area (Å²) in [5.41, 5.74) is 2.14. The molecule has 2 heteroatoms. The van der Waals surface area contributed by atoms with Crippen LogP contribution < -0.4 is 0 Å². The maximum absolute atomic E-state index is 9.66. The van der Waals surface area contributed by atoms with E-state index in [1.807, 2.05) is 24.3 Å². The van der Waals surface area contributed by atoms with Crippen LogP contribution in [0.15, 0.2) is 42.0 Å². The fraction of sp³-hybridized carbons (Fsp3) is 0.333. The quantitative estimate of drug-likeness (QED) is 0.802. The summed E-state index contributed by atoms with van der Waals surface area (Å²) in [5, 5.41) is 9.66. The lowest BCUT2D eigenvalue weighted by atomic mass is 10.0. The number of phenolic OH excluding ortho intramolecular Hbond substituents is 1. The summed E-state index contributed by atoms with van der Waals surface area (Å²) in [6, 6.07) is 7.40. The highest BCUT2D eigenvalue weighted by Gasteiger charge is 2.08. The Labute approximate surface area is 102 Å². The molecule has 1 atom stereocenters. The molecule has 0 amide bonds. The Morgan fingerprint density at radius 3 is 3.00 bits per heavy atom. The lowest BCUT2D eigenvalue weighted by molar-refractivity contribution is 0.122. The first-order valence-electron chi connectivity index (χ1n) is 5.99. The molecule has 0 aliphatic carbocycles. The van der Waals surface area contributed by atoms with Crippen molar-refractivity contribution in [2.24, 2.45) is 0 Å². The molecular formula is C15H18O2. The first kappa shape index (κ1) is 11.9. The van der Waals surface area contributed by atoms with E-state index < -0.39 is 0 Å². The van der Waals surface area contributed by atoms with Crippen LogP contribution in [-0.2, 0) is 4.74 Å². The van der Waals surface area contributed by atoms with Crippen LogP contribution in [0.25, 0.3) is 6.08 Å². The molecule has 0 saturated carbocycles. The van der Waals surface area contributed by atoms with Gasteiger partial charge in [0.1, 0.15) is 5.75 Å². The largest absolute Gasteiger partial charge is 0.507 e. The molecule has 0 bridgehead atoms. The molecule has 1 aromatic rings. The zero-order chi connectivity index (χ0) is 12.1. The van der Waals surface area contributed by atoms with Crippen molar-refractivity contribution in [1.29, 1.82) is 0 Å². The summed E-state index contributed by atoms with van der Waals surface area (Å²) in [4.78, 5) is 0. The van der Waals surface area contributed by atoms with Gasteiger partial charge in [0.25, 0.3) is 0 Å². The number of allylic oxidation sites excluding steroid dienone is 1. The van der Waals surface area contributed by atoms with Crippen LogP contribution in [0.3, 0.4) is 0 Å². The molecular weight excluding hydrogens is 212 g/mol. The number of benzene rings is 1. The van der Waals surface area contributed by atoms with E-state index in [1.54, 1.807) is 6.07 Å². The predicted octanol–water partition coefficient (Wildman–Crippen LogP) is 3.53. The summed E-state index contributed by atoms with van der Waals surface area (Å²) < 4.78 is 5.49. The third-order valence-electron chi connectivity index (χ3n) is 2.92. The van der Waals surface area contributed by atoms with Crippen LogP contribution >= 0.6 is 0 Å². The number of phenols is 1. The number of hydrogen-bond acceptors (Lipinski definition) is 2. The van der Waals surface area contributed by atoms with Gasteiger partial charge in [-0.1, -0.05) is 42.0 Å². The maximum atomic E-state index is 9.66. The third-order valence-corrected chi connectivity index (χ3v) is 2.92. The molecule has 17 heavy (non-hydrogen) atoms. The van der Waals surface area contributed by atoms with Crippen molar-refractivity contribution < 1.29 is 9.84 Å². The highest BCUT2D eigenvalue weighted by molar-refractivity contribution is 5.58. The molecule has 1 aliphatic rings. The second-order valence-corrected chi connectivity index (χ2v) is 4.39. The van der Waals surface area contributed by atoms with Crippen molar-refractivity contribution in [2.45, 2.75) is 25.9 Å². The van der Waals surface area contributed by atoms with Gasteiger partial charge in [-0.2, -0.15) is 0 Å². The van der Waals surface area contributed by atoms with Gasteiger partial charge in [-0.05, 0) is 25.8 Å². The second-order valence-electron chi connectivity index (χ2n) is 4.39. The Kier molecular flexibility index (Phi) is 3.99. The van der Waals surface area contributed by atoms with E-state index in [4.69, 9.17) is 4.74 Å². The first-order valence-corrected chi connectivity index (χ1v) is 5.99. The van der Waals surface area contributed by atoms with Gasteiger partial charge in [-0.25, -0.2) is 0 Å². The van der Waals surface area contributed by atoms with Gasteiger partial charge in [0, 0.05) is 5.56 Å². The highest BCUT2D eigenvalue weighted by Crippen LogP contribution is 2.21. The Balaban J connectivity index is 1.92. The Morgan fingerprint density at radius 1 is 1.47 bits per heavy atom. The summed E-state index contributed by atoms with van der Waals surface area (Å²) in [7, 11) is 0. The molecule has 0 aromatic heterocycles. The van der Waals surface area contributed by atoms with Crippen LogP contribution in [0.2, 0.25) is 0 Å². The Bertz CT molecular complexity index is 432. The smallest absolute Gasteiger partial charge is 0.122 e. The van der Waals surface area contributed by atoms with Gasteiger partial charge in [-0.3, -0.25) is 0 Å². The maximum Gasteiger partial charge on any atom is 0.122 e. The fourth-order valence-electron chi connectivity index (χ4n) is 1.94. The highest BCUT2D eigenvalue weighted by atomic mass is 16.5. The van der Waals surface area contributed by atoms with Crippen molar-refractivity contribution in [1.82, 2.24) is 0 Å². The number of ether oxygens (including phenoxy) is 1. The number of aromatic hydroxyl groups is 1. The molecule has 0 fully saturated rings. The molecule has 1 heterocycles. The van der Waals surface area contributed by atoms with Crippen molar-refractivity contribution in [3.63, 3.8) is 0 Å². The molecule has 1 aromatic carbocycles. The molecule has 0 spiro atoms. The second kappa shape index (κ2) is 5.69. The van der Waals surface area contributed by atoms with Gasteiger partial charge in [0.2, 0.25) is 0 Å². The van der Waals surface area contributed by atoms with Crippen LogP contribution in [0.5, 0.6) is 5.75 Å². The van der Waals surface area contributed by atoms with Crippen molar-refractivity contribution >= 4 is 6.08 Å². The molecule has 90 valence electrons. The van der Waals surface area contributed by atoms with E-state index in [-0.39, 0.29) is 6.10 Å². The molecule has 2 rings (SSSR count). The normalized spacial score (nSPS) is 19.8. The molecule has 1 N–H and O–H groups in total. The van der Waals surface area contributed by atoms with E-state index in [0.29, 0.717) is 5.75 Å². The minimum atomic E-state index is 0.266. The minimum Gasteiger partial charge on any atom is -0.507 e. The summed E-state index contributed by atoms with van der Waals surface area (Å²) in [6.07, 6.45) is 8.48. The van der Waals surface area contributed by atoms with Crippen molar-refractivity contribution in [2.75, 3.05) is 6.61 Å². The van der Waals surface area contributed by atoms with E-state index in [9.17, 15) is 5.11 Å². The molecule has 2 nitrogen and oxygen atoms in total. The van der Waals surface area contributed by atoms with E-state index in [1.165, 1.54) is 5.57 Å². The average Bonchev–Trinajstić information content (AvgIpc) is 2.82. The van der Waals surface area contributed by atoms with Crippen molar-refractivity contribution in [3.8, 4) is 5.75 Å². The number of hydrogen-bond donors (Lipinski definition) is 1. The Morgan fingerprint density at radius 2 is 2.29 bits per heavy atom.